The standard InChI is InChI=1S/C10H11N3OS/c1-6-9(7(2)14-12-6)8-5-15-10-11-3-4-13(8)10/h5H,3-4H2,1-2H3. The van der Waals surface area contributed by atoms with Crippen molar-refractivity contribution in [1.82, 2.24) is 10.1 Å². The largest absolute Gasteiger partial charge is 0.361 e. The van der Waals surface area contributed by atoms with Gasteiger partial charge in [0.1, 0.15) is 5.76 Å². The Morgan fingerprint density at radius 3 is 3.07 bits per heavy atom. The SMILES string of the molecule is Cc1noc(C)c1C1=CSC2=NCCN12. The summed E-state index contributed by atoms with van der Waals surface area (Å²) < 4.78 is 5.19. The lowest BCUT2D eigenvalue weighted by molar-refractivity contribution is 0.393. The van der Waals surface area contributed by atoms with Crippen molar-refractivity contribution in [3.05, 3.63) is 22.4 Å². The predicted molar refractivity (Wildman–Crippen MR) is 60.6 cm³/mol. The molecule has 4 nitrogen and oxygen atoms in total. The highest BCUT2D eigenvalue weighted by Gasteiger charge is 2.30. The van der Waals surface area contributed by atoms with Crippen LogP contribution in [0.5, 0.6) is 0 Å². The molecule has 2 aliphatic rings. The molecule has 2 aliphatic heterocycles. The van der Waals surface area contributed by atoms with Gasteiger partial charge in [0.15, 0.2) is 5.17 Å². The summed E-state index contributed by atoms with van der Waals surface area (Å²) in [5.74, 6) is 0.882. The molecule has 0 amide bonds. The van der Waals surface area contributed by atoms with Gasteiger partial charge in [-0.2, -0.15) is 0 Å². The third kappa shape index (κ3) is 1.23. The van der Waals surface area contributed by atoms with Gasteiger partial charge in [-0.1, -0.05) is 16.9 Å². The first-order valence-electron chi connectivity index (χ1n) is 4.89. The Morgan fingerprint density at radius 2 is 2.33 bits per heavy atom. The summed E-state index contributed by atoms with van der Waals surface area (Å²) in [6, 6.07) is 0. The number of fused-ring (bicyclic) bond motifs is 1. The Bertz CT molecular complexity index is 456. The van der Waals surface area contributed by atoms with Gasteiger partial charge in [-0.15, -0.1) is 0 Å². The van der Waals surface area contributed by atoms with E-state index in [0.29, 0.717) is 0 Å². The van der Waals surface area contributed by atoms with Crippen LogP contribution < -0.4 is 0 Å². The van der Waals surface area contributed by atoms with Gasteiger partial charge in [0, 0.05) is 12.0 Å². The fourth-order valence-corrected chi connectivity index (χ4v) is 2.91. The van der Waals surface area contributed by atoms with Crippen molar-refractivity contribution < 1.29 is 4.52 Å². The third-order valence-electron chi connectivity index (χ3n) is 2.66. The average molecular weight is 221 g/mol. The van der Waals surface area contributed by atoms with Crippen LogP contribution in [0, 0.1) is 13.8 Å². The lowest BCUT2D eigenvalue weighted by atomic mass is 10.1. The van der Waals surface area contributed by atoms with E-state index >= 15 is 0 Å². The number of hydrogen-bond donors (Lipinski definition) is 0. The van der Waals surface area contributed by atoms with Crippen LogP contribution in [0.1, 0.15) is 17.0 Å². The highest BCUT2D eigenvalue weighted by molar-refractivity contribution is 8.16. The minimum atomic E-state index is 0.882. The summed E-state index contributed by atoms with van der Waals surface area (Å²) in [7, 11) is 0. The topological polar surface area (TPSA) is 41.6 Å². The van der Waals surface area contributed by atoms with Crippen molar-refractivity contribution in [2.45, 2.75) is 13.8 Å². The molecule has 0 aromatic carbocycles. The molecular weight excluding hydrogens is 210 g/mol. The quantitative estimate of drug-likeness (QED) is 0.727. The fourth-order valence-electron chi connectivity index (χ4n) is 1.97. The average Bonchev–Trinajstić information content (AvgIpc) is 2.84. The molecule has 15 heavy (non-hydrogen) atoms. The van der Waals surface area contributed by atoms with Crippen LogP contribution in [0.3, 0.4) is 0 Å². The number of aliphatic imine (C=N–C) groups is 1. The minimum Gasteiger partial charge on any atom is -0.361 e. The number of thioether (sulfide) groups is 1. The monoisotopic (exact) mass is 221 g/mol. The zero-order valence-corrected chi connectivity index (χ0v) is 9.47. The summed E-state index contributed by atoms with van der Waals surface area (Å²) in [5.41, 5.74) is 3.26. The zero-order chi connectivity index (χ0) is 10.4. The van der Waals surface area contributed by atoms with Crippen molar-refractivity contribution in [3.63, 3.8) is 0 Å². The predicted octanol–water partition coefficient (Wildman–Crippen LogP) is 2.01. The Hall–Kier alpha value is -1.23. The lowest BCUT2D eigenvalue weighted by Gasteiger charge is -2.15. The molecule has 0 atom stereocenters. The molecule has 0 bridgehead atoms. The number of amidine groups is 1. The molecule has 5 heteroatoms. The maximum absolute atomic E-state index is 5.19. The second kappa shape index (κ2) is 3.13. The number of hydrogen-bond acceptors (Lipinski definition) is 5. The number of aromatic nitrogens is 1. The number of nitrogens with zero attached hydrogens (tertiary/aromatic N) is 3. The van der Waals surface area contributed by atoms with Crippen molar-refractivity contribution in [3.8, 4) is 0 Å². The Labute approximate surface area is 92.0 Å². The van der Waals surface area contributed by atoms with E-state index in [1.807, 2.05) is 13.8 Å². The maximum atomic E-state index is 5.19. The van der Waals surface area contributed by atoms with Gasteiger partial charge >= 0.3 is 0 Å². The highest BCUT2D eigenvalue weighted by atomic mass is 32.2. The van der Waals surface area contributed by atoms with Gasteiger partial charge in [0.25, 0.3) is 0 Å². The minimum absolute atomic E-state index is 0.882. The Morgan fingerprint density at radius 1 is 1.47 bits per heavy atom. The second-order valence-corrected chi connectivity index (χ2v) is 4.47. The van der Waals surface area contributed by atoms with Gasteiger partial charge in [-0.25, -0.2) is 0 Å². The lowest BCUT2D eigenvalue weighted by Crippen LogP contribution is -2.20. The van der Waals surface area contributed by atoms with Crippen LogP contribution in [0.4, 0.5) is 0 Å². The smallest absolute Gasteiger partial charge is 0.168 e. The van der Waals surface area contributed by atoms with Crippen LogP contribution in [0.2, 0.25) is 0 Å². The van der Waals surface area contributed by atoms with Gasteiger partial charge in [-0.05, 0) is 13.8 Å². The van der Waals surface area contributed by atoms with E-state index in [-0.39, 0.29) is 0 Å². The Balaban J connectivity index is 2.06. The van der Waals surface area contributed by atoms with E-state index in [9.17, 15) is 0 Å². The maximum Gasteiger partial charge on any atom is 0.168 e. The van der Waals surface area contributed by atoms with Crippen LogP contribution in [0.25, 0.3) is 5.70 Å². The first kappa shape index (κ1) is 9.03. The van der Waals surface area contributed by atoms with E-state index < -0.39 is 0 Å². The van der Waals surface area contributed by atoms with Gasteiger partial charge in [0.2, 0.25) is 0 Å². The zero-order valence-electron chi connectivity index (χ0n) is 8.65. The molecule has 0 saturated carbocycles. The van der Waals surface area contributed by atoms with Crippen molar-refractivity contribution in [1.29, 1.82) is 0 Å². The second-order valence-electron chi connectivity index (χ2n) is 3.64. The Kier molecular flexibility index (Phi) is 1.88. The van der Waals surface area contributed by atoms with Gasteiger partial charge < -0.3 is 9.42 Å². The molecule has 1 aromatic rings. The number of rotatable bonds is 1. The summed E-state index contributed by atoms with van der Waals surface area (Å²) in [5, 5.41) is 7.21. The van der Waals surface area contributed by atoms with E-state index in [0.717, 1.165) is 35.3 Å². The summed E-state index contributed by atoms with van der Waals surface area (Å²) in [6.07, 6.45) is 0. The van der Waals surface area contributed by atoms with Crippen LogP contribution in [0.15, 0.2) is 14.9 Å². The van der Waals surface area contributed by atoms with Crippen LogP contribution >= 0.6 is 11.8 Å². The van der Waals surface area contributed by atoms with Gasteiger partial charge in [-0.3, -0.25) is 4.99 Å². The molecule has 0 N–H and O–H groups in total. The van der Waals surface area contributed by atoms with E-state index in [1.54, 1.807) is 11.8 Å². The number of aryl methyl sites for hydroxylation is 2. The molecule has 3 heterocycles. The molecule has 0 spiro atoms. The molecule has 78 valence electrons. The first-order valence-corrected chi connectivity index (χ1v) is 5.77. The van der Waals surface area contributed by atoms with Crippen molar-refractivity contribution >= 4 is 22.6 Å². The third-order valence-corrected chi connectivity index (χ3v) is 3.56. The van der Waals surface area contributed by atoms with E-state index in [1.165, 1.54) is 5.70 Å². The molecule has 0 fully saturated rings. The molecule has 0 unspecified atom stereocenters. The summed E-state index contributed by atoms with van der Waals surface area (Å²) >= 11 is 1.68. The molecule has 1 aromatic heterocycles. The van der Waals surface area contributed by atoms with E-state index in [2.05, 4.69) is 20.5 Å². The van der Waals surface area contributed by atoms with E-state index in [4.69, 9.17) is 4.52 Å². The molecule has 0 radical (unpaired) electrons. The van der Waals surface area contributed by atoms with Crippen LogP contribution in [-0.4, -0.2) is 28.3 Å². The van der Waals surface area contributed by atoms with Crippen LogP contribution in [-0.2, 0) is 0 Å². The summed E-state index contributed by atoms with van der Waals surface area (Å²) in [4.78, 5) is 6.65. The highest BCUT2D eigenvalue weighted by Crippen LogP contribution is 2.37. The van der Waals surface area contributed by atoms with Crippen molar-refractivity contribution in [2.75, 3.05) is 13.1 Å². The van der Waals surface area contributed by atoms with Gasteiger partial charge in [0.05, 0.1) is 23.5 Å². The normalized spacial score (nSPS) is 19.2. The van der Waals surface area contributed by atoms with Crippen molar-refractivity contribution in [2.24, 2.45) is 4.99 Å². The molecule has 0 saturated heterocycles. The fraction of sp³-hybridized carbons (Fsp3) is 0.400. The summed E-state index contributed by atoms with van der Waals surface area (Å²) in [6.45, 7) is 5.79. The molecule has 0 aliphatic carbocycles. The molecule has 3 rings (SSSR count). The molecular formula is C10H11N3OS. The first-order chi connectivity index (χ1) is 7.27.